The van der Waals surface area contributed by atoms with E-state index in [2.05, 4.69) is 20.5 Å². The number of nitrogens with one attached hydrogen (secondary N) is 2. The predicted octanol–water partition coefficient (Wildman–Crippen LogP) is 2.71. The number of rotatable bonds is 6. The van der Waals surface area contributed by atoms with Crippen molar-refractivity contribution in [2.75, 3.05) is 11.1 Å². The Bertz CT molecular complexity index is 734. The minimum Gasteiger partial charge on any atom is -0.325 e. The highest BCUT2D eigenvalue weighted by atomic mass is 32.2. The largest absolute Gasteiger partial charge is 0.325 e. The standard InChI is InChI=1S/C13H14FN5O3S/c1-7(2)12-16-13(18-17-12)23-6-11(20)15-8-3-4-9(14)10(5-8)19(21)22/h3-5,7H,6H2,1-2H3,(H,15,20)(H,16,17,18). The van der Waals surface area contributed by atoms with E-state index in [0.717, 1.165) is 29.7 Å². The van der Waals surface area contributed by atoms with Crippen LogP contribution in [0.1, 0.15) is 25.6 Å². The molecule has 0 unspecified atom stereocenters. The number of benzene rings is 1. The fraction of sp³-hybridized carbons (Fsp3) is 0.308. The number of nitro groups is 1. The first-order valence-electron chi connectivity index (χ1n) is 6.65. The summed E-state index contributed by atoms with van der Waals surface area (Å²) in [6, 6.07) is 3.17. The third-order valence-corrected chi connectivity index (χ3v) is 3.64. The number of carbonyl (C=O) groups is 1. The van der Waals surface area contributed by atoms with Gasteiger partial charge in [0, 0.05) is 17.7 Å². The van der Waals surface area contributed by atoms with Crippen LogP contribution in [-0.4, -0.2) is 31.8 Å². The molecule has 2 aromatic rings. The van der Waals surface area contributed by atoms with E-state index >= 15 is 0 Å². The van der Waals surface area contributed by atoms with Crippen molar-refractivity contribution < 1.29 is 14.1 Å². The molecule has 1 aromatic carbocycles. The Morgan fingerprint density at radius 3 is 2.87 bits per heavy atom. The third-order valence-electron chi connectivity index (χ3n) is 2.79. The van der Waals surface area contributed by atoms with Crippen molar-refractivity contribution in [3.05, 3.63) is 40.0 Å². The predicted molar refractivity (Wildman–Crippen MR) is 82.9 cm³/mol. The molecule has 0 spiro atoms. The monoisotopic (exact) mass is 339 g/mol. The topological polar surface area (TPSA) is 114 Å². The summed E-state index contributed by atoms with van der Waals surface area (Å²) in [5, 5.41) is 20.3. The second-order valence-electron chi connectivity index (χ2n) is 4.92. The van der Waals surface area contributed by atoms with E-state index in [-0.39, 0.29) is 17.4 Å². The fourth-order valence-electron chi connectivity index (χ4n) is 1.64. The number of halogens is 1. The second-order valence-corrected chi connectivity index (χ2v) is 5.86. The first-order valence-corrected chi connectivity index (χ1v) is 7.64. The maximum Gasteiger partial charge on any atom is 0.306 e. The summed E-state index contributed by atoms with van der Waals surface area (Å²) in [7, 11) is 0. The molecule has 1 heterocycles. The van der Waals surface area contributed by atoms with Crippen molar-refractivity contribution in [3.63, 3.8) is 0 Å². The lowest BCUT2D eigenvalue weighted by molar-refractivity contribution is -0.387. The van der Waals surface area contributed by atoms with E-state index in [1.54, 1.807) is 0 Å². The van der Waals surface area contributed by atoms with Crippen molar-refractivity contribution in [1.29, 1.82) is 0 Å². The lowest BCUT2D eigenvalue weighted by Gasteiger charge is -2.04. The molecule has 0 fully saturated rings. The second kappa shape index (κ2) is 7.18. The average Bonchev–Trinajstić information content (AvgIpc) is 2.96. The summed E-state index contributed by atoms with van der Waals surface area (Å²) in [6.45, 7) is 3.92. The molecule has 0 saturated heterocycles. The normalized spacial score (nSPS) is 10.8. The van der Waals surface area contributed by atoms with E-state index in [1.807, 2.05) is 13.8 Å². The highest BCUT2D eigenvalue weighted by Crippen LogP contribution is 2.22. The van der Waals surface area contributed by atoms with Crippen LogP contribution in [0.25, 0.3) is 0 Å². The molecule has 0 bridgehead atoms. The van der Waals surface area contributed by atoms with Crippen molar-refractivity contribution in [2.24, 2.45) is 0 Å². The third kappa shape index (κ3) is 4.49. The zero-order valence-electron chi connectivity index (χ0n) is 12.4. The van der Waals surface area contributed by atoms with Gasteiger partial charge in [0.2, 0.25) is 16.9 Å². The van der Waals surface area contributed by atoms with Gasteiger partial charge in [-0.2, -0.15) is 4.39 Å². The molecule has 2 rings (SSSR count). The molecule has 23 heavy (non-hydrogen) atoms. The van der Waals surface area contributed by atoms with Gasteiger partial charge in [-0.25, -0.2) is 4.98 Å². The molecule has 0 radical (unpaired) electrons. The number of aromatic nitrogens is 3. The summed E-state index contributed by atoms with van der Waals surface area (Å²) in [6.07, 6.45) is 0. The molecule has 0 aliphatic heterocycles. The van der Waals surface area contributed by atoms with E-state index in [9.17, 15) is 19.3 Å². The van der Waals surface area contributed by atoms with Gasteiger partial charge in [0.1, 0.15) is 5.82 Å². The smallest absolute Gasteiger partial charge is 0.306 e. The zero-order valence-corrected chi connectivity index (χ0v) is 13.2. The molecule has 10 heteroatoms. The van der Waals surface area contributed by atoms with Crippen LogP contribution in [0, 0.1) is 15.9 Å². The molecular formula is C13H14FN5O3S. The van der Waals surface area contributed by atoms with Crippen molar-refractivity contribution in [3.8, 4) is 0 Å². The number of aromatic amines is 1. The summed E-state index contributed by atoms with van der Waals surface area (Å²) in [5.74, 6) is -0.399. The number of nitrogens with zero attached hydrogens (tertiary/aromatic N) is 3. The van der Waals surface area contributed by atoms with Crippen LogP contribution in [-0.2, 0) is 4.79 Å². The molecule has 1 amide bonds. The molecule has 1 aromatic heterocycles. The molecule has 122 valence electrons. The van der Waals surface area contributed by atoms with Crippen LogP contribution in [0.3, 0.4) is 0 Å². The molecular weight excluding hydrogens is 325 g/mol. The maximum atomic E-state index is 13.2. The summed E-state index contributed by atoms with van der Waals surface area (Å²) >= 11 is 1.13. The van der Waals surface area contributed by atoms with Crippen LogP contribution < -0.4 is 5.32 Å². The van der Waals surface area contributed by atoms with Crippen LogP contribution in [0.2, 0.25) is 0 Å². The van der Waals surface area contributed by atoms with Crippen molar-refractivity contribution in [2.45, 2.75) is 24.9 Å². The number of thioether (sulfide) groups is 1. The number of H-pyrrole nitrogens is 1. The van der Waals surface area contributed by atoms with Crippen molar-refractivity contribution in [1.82, 2.24) is 15.2 Å². The fourth-order valence-corrected chi connectivity index (χ4v) is 2.24. The van der Waals surface area contributed by atoms with Gasteiger partial charge >= 0.3 is 5.69 Å². The Morgan fingerprint density at radius 1 is 1.52 bits per heavy atom. The number of anilines is 1. The molecule has 8 nitrogen and oxygen atoms in total. The molecule has 0 aliphatic carbocycles. The number of carbonyl (C=O) groups excluding carboxylic acids is 1. The number of hydrogen-bond acceptors (Lipinski definition) is 6. The van der Waals surface area contributed by atoms with Crippen LogP contribution in [0.4, 0.5) is 15.8 Å². The Kier molecular flexibility index (Phi) is 5.27. The van der Waals surface area contributed by atoms with Crippen LogP contribution >= 0.6 is 11.8 Å². The Hall–Kier alpha value is -2.49. The quantitative estimate of drug-likeness (QED) is 0.475. The van der Waals surface area contributed by atoms with Gasteiger partial charge in [0.25, 0.3) is 0 Å². The van der Waals surface area contributed by atoms with Gasteiger partial charge in [-0.15, -0.1) is 5.10 Å². The summed E-state index contributed by atoms with van der Waals surface area (Å²) in [5.41, 5.74) is -0.535. The van der Waals surface area contributed by atoms with Crippen LogP contribution in [0.5, 0.6) is 0 Å². The maximum absolute atomic E-state index is 13.2. The Labute approximate surface area is 135 Å². The van der Waals surface area contributed by atoms with E-state index < -0.39 is 22.3 Å². The van der Waals surface area contributed by atoms with Gasteiger partial charge in [0.15, 0.2) is 0 Å². The zero-order chi connectivity index (χ0) is 17.0. The lowest BCUT2D eigenvalue weighted by Crippen LogP contribution is -2.14. The highest BCUT2D eigenvalue weighted by molar-refractivity contribution is 7.99. The van der Waals surface area contributed by atoms with E-state index in [0.29, 0.717) is 5.16 Å². The minimum absolute atomic E-state index is 0.0283. The molecule has 0 atom stereocenters. The Balaban J connectivity index is 1.94. The van der Waals surface area contributed by atoms with Gasteiger partial charge in [0.05, 0.1) is 10.7 Å². The average molecular weight is 339 g/mol. The SMILES string of the molecule is CC(C)c1nc(SCC(=O)Nc2ccc(F)c([N+](=O)[O-])c2)n[nH]1. The first kappa shape index (κ1) is 16.9. The molecule has 0 aliphatic rings. The van der Waals surface area contributed by atoms with Crippen LogP contribution in [0.15, 0.2) is 23.4 Å². The van der Waals surface area contributed by atoms with Gasteiger partial charge < -0.3 is 5.32 Å². The lowest BCUT2D eigenvalue weighted by atomic mass is 10.2. The number of hydrogen-bond donors (Lipinski definition) is 2. The van der Waals surface area contributed by atoms with Gasteiger partial charge in [-0.1, -0.05) is 25.6 Å². The van der Waals surface area contributed by atoms with Gasteiger partial charge in [-0.3, -0.25) is 20.0 Å². The van der Waals surface area contributed by atoms with E-state index in [1.165, 1.54) is 6.07 Å². The summed E-state index contributed by atoms with van der Waals surface area (Å²) < 4.78 is 13.2. The minimum atomic E-state index is -0.954. The first-order chi connectivity index (χ1) is 10.9. The van der Waals surface area contributed by atoms with Gasteiger partial charge in [-0.05, 0) is 12.1 Å². The molecule has 0 saturated carbocycles. The van der Waals surface area contributed by atoms with Crippen molar-refractivity contribution >= 4 is 29.0 Å². The number of nitro benzene ring substituents is 1. The Morgan fingerprint density at radius 2 is 2.26 bits per heavy atom. The highest BCUT2D eigenvalue weighted by Gasteiger charge is 2.16. The molecule has 2 N–H and O–H groups in total. The summed E-state index contributed by atoms with van der Waals surface area (Å²) in [4.78, 5) is 25.9. The van der Waals surface area contributed by atoms with E-state index in [4.69, 9.17) is 0 Å². The number of amides is 1.